The average molecular weight is 425 g/mol. The van der Waals surface area contributed by atoms with Crippen molar-refractivity contribution in [2.45, 2.75) is 56.3 Å². The molecule has 0 fully saturated rings. The van der Waals surface area contributed by atoms with Crippen LogP contribution in [0.4, 0.5) is 10.1 Å². The van der Waals surface area contributed by atoms with Gasteiger partial charge in [0.15, 0.2) is 0 Å². The second-order valence-corrected chi connectivity index (χ2v) is 10.9. The minimum absolute atomic E-state index is 0.0757. The number of benzene rings is 1. The molecule has 0 bridgehead atoms. The molecule has 5 nitrogen and oxygen atoms in total. The van der Waals surface area contributed by atoms with Gasteiger partial charge in [-0.15, -0.1) is 11.3 Å². The molecule has 3 N–H and O–H groups in total. The molecule has 0 saturated heterocycles. The number of hydrogen-bond donors (Lipinski definition) is 3. The van der Waals surface area contributed by atoms with E-state index in [-0.39, 0.29) is 21.9 Å². The number of allylic oxidation sites excluding steroid dienone is 1. The summed E-state index contributed by atoms with van der Waals surface area (Å²) in [6, 6.07) is 6.06. The zero-order valence-corrected chi connectivity index (χ0v) is 18.1. The number of aliphatic hydroxyl groups is 1. The standard InChI is InChI=1S/C20H25FN2O3S2/c1-11(2)14-9-13(21)10-15-12(3)8-17(22-19(14)15)23-28(25,26)18-7-6-16(27-18)20(4,5)24/h6-12,22-24H,1-5H3. The highest BCUT2D eigenvalue weighted by molar-refractivity contribution is 7.91. The van der Waals surface area contributed by atoms with Crippen LogP contribution in [0.5, 0.6) is 0 Å². The summed E-state index contributed by atoms with van der Waals surface area (Å²) < 4.78 is 42.3. The summed E-state index contributed by atoms with van der Waals surface area (Å²) in [5, 5.41) is 13.2. The van der Waals surface area contributed by atoms with Gasteiger partial charge in [0.25, 0.3) is 10.0 Å². The topological polar surface area (TPSA) is 78.4 Å². The molecule has 1 aromatic carbocycles. The van der Waals surface area contributed by atoms with Crippen LogP contribution in [-0.2, 0) is 15.6 Å². The van der Waals surface area contributed by atoms with E-state index in [1.165, 1.54) is 18.2 Å². The van der Waals surface area contributed by atoms with Gasteiger partial charge in [-0.25, -0.2) is 12.8 Å². The zero-order valence-electron chi connectivity index (χ0n) is 16.5. The Bertz CT molecular complexity index is 1030. The molecule has 1 aliphatic rings. The zero-order chi connectivity index (χ0) is 20.9. The van der Waals surface area contributed by atoms with Crippen LogP contribution in [0.3, 0.4) is 0 Å². The molecule has 1 aromatic heterocycles. The highest BCUT2D eigenvalue weighted by Gasteiger charge is 2.27. The van der Waals surface area contributed by atoms with Crippen molar-refractivity contribution in [2.24, 2.45) is 0 Å². The molecule has 3 rings (SSSR count). The first-order valence-electron chi connectivity index (χ1n) is 9.06. The fourth-order valence-electron chi connectivity index (χ4n) is 3.17. The van der Waals surface area contributed by atoms with E-state index in [0.717, 1.165) is 28.2 Å². The molecule has 8 heteroatoms. The molecule has 152 valence electrons. The van der Waals surface area contributed by atoms with E-state index >= 15 is 0 Å². The van der Waals surface area contributed by atoms with Crippen LogP contribution in [-0.4, -0.2) is 13.5 Å². The Morgan fingerprint density at radius 2 is 1.96 bits per heavy atom. The molecule has 0 spiro atoms. The van der Waals surface area contributed by atoms with Crippen LogP contribution in [0.15, 0.2) is 40.4 Å². The van der Waals surface area contributed by atoms with Crippen LogP contribution in [0.25, 0.3) is 0 Å². The fourth-order valence-corrected chi connectivity index (χ4v) is 5.50. The van der Waals surface area contributed by atoms with Crippen molar-refractivity contribution in [1.82, 2.24) is 4.72 Å². The lowest BCUT2D eigenvalue weighted by Gasteiger charge is -2.27. The van der Waals surface area contributed by atoms with Crippen molar-refractivity contribution >= 4 is 27.0 Å². The molecule has 0 amide bonds. The Kier molecular flexibility index (Phi) is 5.33. The van der Waals surface area contributed by atoms with Gasteiger partial charge in [0.1, 0.15) is 15.8 Å². The van der Waals surface area contributed by atoms with Crippen molar-refractivity contribution < 1.29 is 17.9 Å². The van der Waals surface area contributed by atoms with Crippen molar-refractivity contribution in [2.75, 3.05) is 5.32 Å². The minimum atomic E-state index is -3.81. The normalized spacial score (nSPS) is 17.1. The van der Waals surface area contributed by atoms with Crippen LogP contribution < -0.4 is 10.0 Å². The third-order valence-electron chi connectivity index (χ3n) is 4.65. The first-order chi connectivity index (χ1) is 12.9. The molecular weight excluding hydrogens is 399 g/mol. The number of hydrogen-bond acceptors (Lipinski definition) is 5. The summed E-state index contributed by atoms with van der Waals surface area (Å²) in [5.41, 5.74) is 1.23. The Hall–Kier alpha value is -1.90. The van der Waals surface area contributed by atoms with Crippen molar-refractivity contribution in [3.63, 3.8) is 0 Å². The maximum Gasteiger partial charge on any atom is 0.272 e. The molecule has 0 saturated carbocycles. The van der Waals surface area contributed by atoms with E-state index in [0.29, 0.717) is 10.7 Å². The monoisotopic (exact) mass is 424 g/mol. The largest absolute Gasteiger partial charge is 0.385 e. The molecule has 2 heterocycles. The van der Waals surface area contributed by atoms with Crippen LogP contribution in [0, 0.1) is 5.82 Å². The van der Waals surface area contributed by atoms with Crippen molar-refractivity contribution in [3.05, 3.63) is 58.0 Å². The molecule has 1 atom stereocenters. The molecule has 0 radical (unpaired) electrons. The first kappa shape index (κ1) is 20.8. The summed E-state index contributed by atoms with van der Waals surface area (Å²) in [6.45, 7) is 9.05. The van der Waals surface area contributed by atoms with Gasteiger partial charge in [0.05, 0.1) is 5.60 Å². The minimum Gasteiger partial charge on any atom is -0.385 e. The van der Waals surface area contributed by atoms with Gasteiger partial charge in [0.2, 0.25) is 0 Å². The van der Waals surface area contributed by atoms with E-state index < -0.39 is 15.6 Å². The van der Waals surface area contributed by atoms with Gasteiger partial charge in [0, 0.05) is 16.5 Å². The fraction of sp³-hybridized carbons (Fsp3) is 0.400. The van der Waals surface area contributed by atoms with Crippen molar-refractivity contribution in [1.29, 1.82) is 0 Å². The molecule has 0 aliphatic carbocycles. The predicted molar refractivity (Wildman–Crippen MR) is 110 cm³/mol. The van der Waals surface area contributed by atoms with Gasteiger partial charge in [-0.1, -0.05) is 20.8 Å². The summed E-state index contributed by atoms with van der Waals surface area (Å²) in [7, 11) is -3.81. The van der Waals surface area contributed by atoms with Gasteiger partial charge >= 0.3 is 0 Å². The molecular formula is C20H25FN2O3S2. The predicted octanol–water partition coefficient (Wildman–Crippen LogP) is 4.59. The number of rotatable bonds is 5. The summed E-state index contributed by atoms with van der Waals surface area (Å²) in [6.07, 6.45) is 1.73. The maximum absolute atomic E-state index is 14.0. The number of fused-ring (bicyclic) bond motifs is 1. The van der Waals surface area contributed by atoms with Crippen LogP contribution in [0.2, 0.25) is 0 Å². The number of nitrogens with one attached hydrogen (secondary N) is 2. The van der Waals surface area contributed by atoms with E-state index in [2.05, 4.69) is 10.0 Å². The lowest BCUT2D eigenvalue weighted by atomic mass is 9.89. The lowest BCUT2D eigenvalue weighted by molar-refractivity contribution is 0.0825. The smallest absolute Gasteiger partial charge is 0.272 e. The summed E-state index contributed by atoms with van der Waals surface area (Å²) in [5.74, 6) is -0.0397. The summed E-state index contributed by atoms with van der Waals surface area (Å²) in [4.78, 5) is 0.565. The maximum atomic E-state index is 14.0. The number of anilines is 1. The van der Waals surface area contributed by atoms with Gasteiger partial charge in [-0.3, -0.25) is 4.72 Å². The Balaban J connectivity index is 1.92. The quantitative estimate of drug-likeness (QED) is 0.656. The second-order valence-electron chi connectivity index (χ2n) is 7.89. The Morgan fingerprint density at radius 3 is 2.54 bits per heavy atom. The summed E-state index contributed by atoms with van der Waals surface area (Å²) >= 11 is 1.03. The van der Waals surface area contributed by atoms with Gasteiger partial charge in [-0.2, -0.15) is 0 Å². The van der Waals surface area contributed by atoms with Gasteiger partial charge < -0.3 is 10.4 Å². The molecule has 1 aliphatic heterocycles. The Morgan fingerprint density at radius 1 is 1.29 bits per heavy atom. The van der Waals surface area contributed by atoms with Crippen molar-refractivity contribution in [3.8, 4) is 0 Å². The van der Waals surface area contributed by atoms with E-state index in [4.69, 9.17) is 0 Å². The molecule has 1 unspecified atom stereocenters. The van der Waals surface area contributed by atoms with Crippen LogP contribution >= 0.6 is 11.3 Å². The van der Waals surface area contributed by atoms with E-state index in [1.54, 1.807) is 26.0 Å². The van der Waals surface area contributed by atoms with E-state index in [1.807, 2.05) is 20.8 Å². The average Bonchev–Trinajstić information content (AvgIpc) is 3.06. The Labute approximate surface area is 169 Å². The highest BCUT2D eigenvalue weighted by atomic mass is 32.2. The molecule has 28 heavy (non-hydrogen) atoms. The van der Waals surface area contributed by atoms with Crippen LogP contribution in [0.1, 0.15) is 62.5 Å². The third-order valence-corrected chi connectivity index (χ3v) is 7.90. The lowest BCUT2D eigenvalue weighted by Crippen LogP contribution is -2.29. The van der Waals surface area contributed by atoms with E-state index in [9.17, 15) is 17.9 Å². The number of sulfonamides is 1. The molecule has 2 aromatic rings. The second kappa shape index (κ2) is 7.17. The first-order valence-corrected chi connectivity index (χ1v) is 11.4. The SMILES string of the molecule is CC(C)c1cc(F)cc2c1NC(NS(=O)(=O)c1ccc(C(C)(C)O)s1)=CC2C. The highest BCUT2D eigenvalue weighted by Crippen LogP contribution is 2.38. The van der Waals surface area contributed by atoms with Gasteiger partial charge in [-0.05, 0) is 61.2 Å². The third kappa shape index (κ3) is 4.09. The number of halogens is 1. The number of thiophene rings is 1.